The Balaban J connectivity index is 2.19. The zero-order valence-corrected chi connectivity index (χ0v) is 10.8. The summed E-state index contributed by atoms with van der Waals surface area (Å²) in [5.41, 5.74) is 0.597. The van der Waals surface area contributed by atoms with Gasteiger partial charge in [0.05, 0.1) is 6.61 Å². The molecule has 0 aliphatic carbocycles. The van der Waals surface area contributed by atoms with Gasteiger partial charge in [0.15, 0.2) is 6.61 Å². The highest BCUT2D eigenvalue weighted by atomic mass is 16.6. The fraction of sp³-hybridized carbons (Fsp3) is 0.286. The van der Waals surface area contributed by atoms with Crippen LogP contribution in [0.15, 0.2) is 33.5 Å². The van der Waals surface area contributed by atoms with Crippen LogP contribution < -0.4 is 10.4 Å². The first-order valence-corrected chi connectivity index (χ1v) is 5.93. The lowest BCUT2D eigenvalue weighted by molar-refractivity contribution is -0.145. The van der Waals surface area contributed by atoms with Gasteiger partial charge in [-0.05, 0) is 32.0 Å². The molecule has 2 rings (SSSR count). The third kappa shape index (κ3) is 3.13. The van der Waals surface area contributed by atoms with Crippen molar-refractivity contribution in [2.24, 2.45) is 0 Å². The van der Waals surface area contributed by atoms with Gasteiger partial charge in [0, 0.05) is 17.0 Å². The molecule has 0 bridgehead atoms. The zero-order chi connectivity index (χ0) is 13.8. The first-order chi connectivity index (χ1) is 9.10. The van der Waals surface area contributed by atoms with Gasteiger partial charge in [-0.3, -0.25) is 0 Å². The van der Waals surface area contributed by atoms with Crippen LogP contribution in [0.25, 0.3) is 11.0 Å². The van der Waals surface area contributed by atoms with Gasteiger partial charge in [-0.15, -0.1) is 0 Å². The van der Waals surface area contributed by atoms with E-state index in [0.29, 0.717) is 23.5 Å². The Bertz CT molecular complexity index is 656. The van der Waals surface area contributed by atoms with E-state index >= 15 is 0 Å². The average Bonchev–Trinajstić information content (AvgIpc) is 2.38. The maximum atomic E-state index is 11.4. The summed E-state index contributed by atoms with van der Waals surface area (Å²) in [6.07, 6.45) is 0. The molecule has 0 aliphatic heterocycles. The molecule has 19 heavy (non-hydrogen) atoms. The van der Waals surface area contributed by atoms with Gasteiger partial charge in [0.25, 0.3) is 0 Å². The van der Waals surface area contributed by atoms with Crippen LogP contribution in [0.5, 0.6) is 5.75 Å². The summed E-state index contributed by atoms with van der Waals surface area (Å²) in [5, 5.41) is 0.806. The molecule has 100 valence electrons. The van der Waals surface area contributed by atoms with Gasteiger partial charge in [-0.1, -0.05) is 0 Å². The molecule has 5 nitrogen and oxygen atoms in total. The number of fused-ring (bicyclic) bond motifs is 1. The Labute approximate surface area is 109 Å². The average molecular weight is 262 g/mol. The third-order valence-electron chi connectivity index (χ3n) is 2.54. The predicted molar refractivity (Wildman–Crippen MR) is 69.3 cm³/mol. The minimum atomic E-state index is -0.437. The maximum absolute atomic E-state index is 11.4. The molecule has 0 aliphatic rings. The minimum absolute atomic E-state index is 0.171. The van der Waals surface area contributed by atoms with E-state index in [2.05, 4.69) is 0 Å². The molecular formula is C14H14O5. The molecule has 5 heteroatoms. The minimum Gasteiger partial charge on any atom is -0.482 e. The largest absolute Gasteiger partial charge is 0.482 e. The number of carbonyl (C=O) groups excluding carboxylic acids is 1. The standard InChI is InChI=1S/C14H14O5/c1-3-17-13(15)8-18-11-5-4-10-6-9(2)14(16)19-12(10)7-11/h4-7H,3,8H2,1-2H3. The summed E-state index contributed by atoms with van der Waals surface area (Å²) in [6, 6.07) is 6.80. The van der Waals surface area contributed by atoms with Crippen LogP contribution in [0.3, 0.4) is 0 Å². The lowest BCUT2D eigenvalue weighted by atomic mass is 10.2. The summed E-state index contributed by atoms with van der Waals surface area (Å²) in [4.78, 5) is 22.6. The number of carbonyl (C=O) groups is 1. The van der Waals surface area contributed by atoms with Crippen LogP contribution in [0, 0.1) is 6.92 Å². The lowest BCUT2D eigenvalue weighted by Crippen LogP contribution is -2.14. The van der Waals surface area contributed by atoms with E-state index in [0.717, 1.165) is 5.39 Å². The van der Waals surface area contributed by atoms with Gasteiger partial charge < -0.3 is 13.9 Å². The highest BCUT2D eigenvalue weighted by molar-refractivity contribution is 5.78. The normalized spacial score (nSPS) is 10.4. The van der Waals surface area contributed by atoms with Crippen molar-refractivity contribution in [2.75, 3.05) is 13.2 Å². The number of rotatable bonds is 4. The summed E-state index contributed by atoms with van der Waals surface area (Å²) >= 11 is 0. The Morgan fingerprint density at radius 1 is 1.32 bits per heavy atom. The molecule has 0 unspecified atom stereocenters. The van der Waals surface area contributed by atoms with Crippen LogP contribution in [0.1, 0.15) is 12.5 Å². The smallest absolute Gasteiger partial charge is 0.344 e. The maximum Gasteiger partial charge on any atom is 0.344 e. The van der Waals surface area contributed by atoms with Crippen molar-refractivity contribution in [1.82, 2.24) is 0 Å². The second kappa shape index (κ2) is 5.56. The van der Waals surface area contributed by atoms with Gasteiger partial charge >= 0.3 is 11.6 Å². The van der Waals surface area contributed by atoms with Crippen LogP contribution in [-0.4, -0.2) is 19.2 Å². The van der Waals surface area contributed by atoms with Crippen molar-refractivity contribution in [1.29, 1.82) is 0 Å². The molecule has 0 N–H and O–H groups in total. The SMILES string of the molecule is CCOC(=O)COc1ccc2cc(C)c(=O)oc2c1. The van der Waals surface area contributed by atoms with Crippen LogP contribution in [0.2, 0.25) is 0 Å². The Morgan fingerprint density at radius 2 is 2.11 bits per heavy atom. The summed E-state index contributed by atoms with van der Waals surface area (Å²) < 4.78 is 15.1. The first kappa shape index (κ1) is 13.1. The second-order valence-corrected chi connectivity index (χ2v) is 4.01. The molecule has 0 saturated carbocycles. The van der Waals surface area contributed by atoms with Gasteiger partial charge in [-0.25, -0.2) is 9.59 Å². The third-order valence-corrected chi connectivity index (χ3v) is 2.54. The zero-order valence-electron chi connectivity index (χ0n) is 10.8. The predicted octanol–water partition coefficient (Wildman–Crippen LogP) is 2.04. The number of esters is 1. The molecule has 0 amide bonds. The van der Waals surface area contributed by atoms with Crippen molar-refractivity contribution in [3.05, 3.63) is 40.2 Å². The molecule has 2 aromatic rings. The Morgan fingerprint density at radius 3 is 2.84 bits per heavy atom. The fourth-order valence-electron chi connectivity index (χ4n) is 1.63. The summed E-state index contributed by atoms with van der Waals surface area (Å²) in [7, 11) is 0. The highest BCUT2D eigenvalue weighted by Crippen LogP contribution is 2.20. The number of ether oxygens (including phenoxy) is 2. The highest BCUT2D eigenvalue weighted by Gasteiger charge is 2.06. The molecule has 1 aromatic carbocycles. The fourth-order valence-corrected chi connectivity index (χ4v) is 1.63. The van der Waals surface area contributed by atoms with Gasteiger partial charge in [-0.2, -0.15) is 0 Å². The van der Waals surface area contributed by atoms with Crippen molar-refractivity contribution in [2.45, 2.75) is 13.8 Å². The Kier molecular flexibility index (Phi) is 3.85. The molecule has 1 heterocycles. The summed E-state index contributed by atoms with van der Waals surface area (Å²) in [5.74, 6) is 0.0144. The van der Waals surface area contributed by atoms with Gasteiger partial charge in [0.1, 0.15) is 11.3 Å². The van der Waals surface area contributed by atoms with Crippen molar-refractivity contribution >= 4 is 16.9 Å². The number of hydrogen-bond donors (Lipinski definition) is 0. The molecule has 1 aromatic heterocycles. The number of benzene rings is 1. The quantitative estimate of drug-likeness (QED) is 0.623. The van der Waals surface area contributed by atoms with E-state index in [1.54, 1.807) is 38.1 Å². The van der Waals surface area contributed by atoms with E-state index < -0.39 is 5.97 Å². The summed E-state index contributed by atoms with van der Waals surface area (Å²) in [6.45, 7) is 3.56. The van der Waals surface area contributed by atoms with E-state index in [4.69, 9.17) is 13.9 Å². The lowest BCUT2D eigenvalue weighted by Gasteiger charge is -2.06. The number of hydrogen-bond acceptors (Lipinski definition) is 5. The Hall–Kier alpha value is -2.30. The molecule has 0 atom stereocenters. The monoisotopic (exact) mass is 262 g/mol. The molecule has 0 radical (unpaired) electrons. The second-order valence-electron chi connectivity index (χ2n) is 4.01. The van der Waals surface area contributed by atoms with E-state index in [1.807, 2.05) is 0 Å². The molecule has 0 saturated heterocycles. The van der Waals surface area contributed by atoms with Crippen molar-refractivity contribution in [3.63, 3.8) is 0 Å². The molecular weight excluding hydrogens is 248 g/mol. The van der Waals surface area contributed by atoms with E-state index in [1.165, 1.54) is 0 Å². The molecule has 0 fully saturated rings. The topological polar surface area (TPSA) is 65.7 Å². The van der Waals surface area contributed by atoms with E-state index in [9.17, 15) is 9.59 Å². The van der Waals surface area contributed by atoms with Crippen LogP contribution in [0.4, 0.5) is 0 Å². The van der Waals surface area contributed by atoms with Crippen molar-refractivity contribution < 1.29 is 18.7 Å². The number of aryl methyl sites for hydroxylation is 1. The van der Waals surface area contributed by atoms with Crippen LogP contribution in [-0.2, 0) is 9.53 Å². The molecule has 0 spiro atoms. The van der Waals surface area contributed by atoms with Gasteiger partial charge in [0.2, 0.25) is 0 Å². The van der Waals surface area contributed by atoms with Crippen molar-refractivity contribution in [3.8, 4) is 5.75 Å². The van der Waals surface area contributed by atoms with Crippen LogP contribution >= 0.6 is 0 Å². The first-order valence-electron chi connectivity index (χ1n) is 5.93. The van der Waals surface area contributed by atoms with E-state index in [-0.39, 0.29) is 12.2 Å².